The van der Waals surface area contributed by atoms with Crippen LogP contribution in [0.15, 0.2) is 12.0 Å². The number of nitrogens with zero attached hydrogens (tertiary/aromatic N) is 1. The fourth-order valence-electron chi connectivity index (χ4n) is 0.533. The quantitative estimate of drug-likeness (QED) is 0.209. The number of carbonyl (C=O) groups is 1. The fraction of sp³-hybridized carbons (Fsp3) is 0.571. The van der Waals surface area contributed by atoms with Crippen LogP contribution in [0.2, 0.25) is 0 Å². The van der Waals surface area contributed by atoms with Gasteiger partial charge < -0.3 is 9.47 Å². The van der Waals surface area contributed by atoms with E-state index < -0.39 is 16.6 Å². The highest BCUT2D eigenvalue weighted by molar-refractivity contribution is 5.85. The van der Waals surface area contributed by atoms with Crippen LogP contribution in [0.5, 0.6) is 0 Å². The monoisotopic (exact) mass is 189 g/mol. The summed E-state index contributed by atoms with van der Waals surface area (Å²) in [6, 6.07) is 0. The molecule has 0 heterocycles. The lowest BCUT2D eigenvalue weighted by Gasteiger charge is -1.98. The lowest BCUT2D eigenvalue weighted by Crippen LogP contribution is -2.15. The lowest BCUT2D eigenvalue weighted by atomic mass is 10.5. The van der Waals surface area contributed by atoms with Gasteiger partial charge in [-0.25, -0.2) is 4.79 Å². The van der Waals surface area contributed by atoms with Crippen molar-refractivity contribution in [3.05, 3.63) is 22.1 Å². The number of carbonyl (C=O) groups excluding carboxylic acids is 1. The average Bonchev–Trinajstić information content (AvgIpc) is 2.05. The Balaban J connectivity index is 4.41. The molecule has 0 aromatic carbocycles. The number of esters is 1. The third kappa shape index (κ3) is 4.09. The highest BCUT2D eigenvalue weighted by atomic mass is 16.6. The molecule has 0 saturated heterocycles. The Bertz CT molecular complexity index is 223. The van der Waals surface area contributed by atoms with Crippen molar-refractivity contribution in [3.63, 3.8) is 0 Å². The Kier molecular flexibility index (Phi) is 5.25. The van der Waals surface area contributed by atoms with Gasteiger partial charge in [0.15, 0.2) is 6.26 Å². The molecule has 0 saturated carbocycles. The smallest absolute Gasteiger partial charge is 0.413 e. The van der Waals surface area contributed by atoms with E-state index in [2.05, 4.69) is 9.47 Å². The molecule has 0 aliphatic heterocycles. The zero-order chi connectivity index (χ0) is 10.3. The van der Waals surface area contributed by atoms with Gasteiger partial charge in [0.1, 0.15) is 0 Å². The van der Waals surface area contributed by atoms with E-state index in [1.807, 2.05) is 0 Å². The topological polar surface area (TPSA) is 78.7 Å². The molecule has 0 radical (unpaired) electrons. The maximum Gasteiger partial charge on any atom is 0.413 e. The molecular weight excluding hydrogens is 178 g/mol. The summed E-state index contributed by atoms with van der Waals surface area (Å²) in [7, 11) is 0. The first kappa shape index (κ1) is 11.4. The molecule has 6 nitrogen and oxygen atoms in total. The molecule has 0 N–H and O–H groups in total. The third-order valence-electron chi connectivity index (χ3n) is 1.04. The molecular formula is C7H11NO5. The normalized spacial score (nSPS) is 10.8. The van der Waals surface area contributed by atoms with Crippen LogP contribution < -0.4 is 0 Å². The molecule has 0 aromatic rings. The molecule has 0 bridgehead atoms. The summed E-state index contributed by atoms with van der Waals surface area (Å²) < 4.78 is 9.05. The summed E-state index contributed by atoms with van der Waals surface area (Å²) >= 11 is 0. The summed E-state index contributed by atoms with van der Waals surface area (Å²) in [5, 5.41) is 10.3. The van der Waals surface area contributed by atoms with Crippen molar-refractivity contribution in [1.82, 2.24) is 0 Å². The predicted octanol–water partition coefficient (Wildman–Crippen LogP) is 0.704. The molecule has 74 valence electrons. The zero-order valence-electron chi connectivity index (χ0n) is 7.48. The first-order valence-corrected chi connectivity index (χ1v) is 3.76. The fourth-order valence-corrected chi connectivity index (χ4v) is 0.533. The predicted molar refractivity (Wildman–Crippen MR) is 43.3 cm³/mol. The van der Waals surface area contributed by atoms with Gasteiger partial charge in [-0.2, -0.15) is 0 Å². The van der Waals surface area contributed by atoms with Crippen LogP contribution >= 0.6 is 0 Å². The van der Waals surface area contributed by atoms with E-state index in [4.69, 9.17) is 0 Å². The minimum absolute atomic E-state index is 0.0934. The lowest BCUT2D eigenvalue weighted by molar-refractivity contribution is -0.423. The van der Waals surface area contributed by atoms with Gasteiger partial charge >= 0.3 is 11.7 Å². The van der Waals surface area contributed by atoms with E-state index in [1.165, 1.54) is 0 Å². The molecule has 0 aliphatic carbocycles. The highest BCUT2D eigenvalue weighted by Crippen LogP contribution is 1.99. The number of nitro groups is 1. The van der Waals surface area contributed by atoms with Crippen LogP contribution in [-0.2, 0) is 14.3 Å². The van der Waals surface area contributed by atoms with E-state index in [-0.39, 0.29) is 13.2 Å². The standard InChI is InChI=1S/C7H11NO5/c1-3-12-5-6(8(10)11)7(9)13-4-2/h5H,3-4H2,1-2H3/b6-5-. The van der Waals surface area contributed by atoms with E-state index in [1.54, 1.807) is 13.8 Å². The molecule has 13 heavy (non-hydrogen) atoms. The molecule has 0 aliphatic rings. The van der Waals surface area contributed by atoms with E-state index in [9.17, 15) is 14.9 Å². The van der Waals surface area contributed by atoms with E-state index in [0.29, 0.717) is 0 Å². The van der Waals surface area contributed by atoms with Crippen LogP contribution in [0.3, 0.4) is 0 Å². The number of hydrogen-bond donors (Lipinski definition) is 0. The second kappa shape index (κ2) is 5.99. The molecule has 0 amide bonds. The molecule has 0 unspecified atom stereocenters. The zero-order valence-corrected chi connectivity index (χ0v) is 7.48. The van der Waals surface area contributed by atoms with Crippen LogP contribution in [0.1, 0.15) is 13.8 Å². The van der Waals surface area contributed by atoms with Crippen molar-refractivity contribution in [2.24, 2.45) is 0 Å². The Morgan fingerprint density at radius 2 is 2.08 bits per heavy atom. The summed E-state index contributed by atoms with van der Waals surface area (Å²) in [5.41, 5.74) is -0.691. The minimum atomic E-state index is -0.985. The van der Waals surface area contributed by atoms with Gasteiger partial charge in [-0.1, -0.05) is 0 Å². The van der Waals surface area contributed by atoms with Crippen molar-refractivity contribution >= 4 is 5.97 Å². The van der Waals surface area contributed by atoms with Gasteiger partial charge in [-0.15, -0.1) is 0 Å². The minimum Gasteiger partial charge on any atom is -0.494 e. The maximum absolute atomic E-state index is 10.9. The number of hydrogen-bond acceptors (Lipinski definition) is 5. The molecule has 0 fully saturated rings. The Morgan fingerprint density at radius 1 is 1.46 bits per heavy atom. The molecule has 0 aromatic heterocycles. The molecule has 0 atom stereocenters. The van der Waals surface area contributed by atoms with Gasteiger partial charge in [-0.3, -0.25) is 10.1 Å². The van der Waals surface area contributed by atoms with Crippen LogP contribution in [0, 0.1) is 10.1 Å². The Hall–Kier alpha value is -1.59. The van der Waals surface area contributed by atoms with E-state index in [0.717, 1.165) is 6.26 Å². The van der Waals surface area contributed by atoms with Crippen molar-refractivity contribution in [3.8, 4) is 0 Å². The van der Waals surface area contributed by atoms with Crippen molar-refractivity contribution in [2.75, 3.05) is 13.2 Å². The summed E-state index contributed by atoms with van der Waals surface area (Å²) in [6.45, 7) is 3.57. The summed E-state index contributed by atoms with van der Waals surface area (Å²) in [4.78, 5) is 20.3. The summed E-state index contributed by atoms with van der Waals surface area (Å²) in [6.07, 6.45) is 0.790. The maximum atomic E-state index is 10.9. The summed E-state index contributed by atoms with van der Waals surface area (Å²) in [5.74, 6) is -0.985. The van der Waals surface area contributed by atoms with Crippen LogP contribution in [0.4, 0.5) is 0 Å². The number of rotatable bonds is 5. The first-order chi connectivity index (χ1) is 6.13. The molecule has 6 heteroatoms. The SMILES string of the molecule is CCO/C=C(/C(=O)OCC)[N+](=O)[O-]. The largest absolute Gasteiger partial charge is 0.494 e. The van der Waals surface area contributed by atoms with Crippen LogP contribution in [0.25, 0.3) is 0 Å². The second-order valence-corrected chi connectivity index (χ2v) is 1.94. The van der Waals surface area contributed by atoms with Gasteiger partial charge in [0.2, 0.25) is 0 Å². The third-order valence-corrected chi connectivity index (χ3v) is 1.04. The first-order valence-electron chi connectivity index (χ1n) is 3.76. The molecule has 0 spiro atoms. The number of ether oxygens (including phenoxy) is 2. The van der Waals surface area contributed by atoms with Gasteiger partial charge in [0, 0.05) is 0 Å². The average molecular weight is 189 g/mol. The van der Waals surface area contributed by atoms with E-state index >= 15 is 0 Å². The van der Waals surface area contributed by atoms with Crippen LogP contribution in [-0.4, -0.2) is 24.1 Å². The van der Waals surface area contributed by atoms with Gasteiger partial charge in [-0.05, 0) is 13.8 Å². The second-order valence-electron chi connectivity index (χ2n) is 1.94. The Labute approximate surface area is 75.3 Å². The Morgan fingerprint density at radius 3 is 2.46 bits per heavy atom. The van der Waals surface area contributed by atoms with Crippen molar-refractivity contribution < 1.29 is 19.2 Å². The van der Waals surface area contributed by atoms with Gasteiger partial charge in [0.25, 0.3) is 0 Å². The van der Waals surface area contributed by atoms with Crippen molar-refractivity contribution in [2.45, 2.75) is 13.8 Å². The highest BCUT2D eigenvalue weighted by Gasteiger charge is 2.23. The van der Waals surface area contributed by atoms with Crippen molar-refractivity contribution in [1.29, 1.82) is 0 Å². The molecule has 0 rings (SSSR count). The van der Waals surface area contributed by atoms with Gasteiger partial charge in [0.05, 0.1) is 18.1 Å².